The fourth-order valence-electron chi connectivity index (χ4n) is 3.49. The van der Waals surface area contributed by atoms with Gasteiger partial charge in [-0.05, 0) is 42.9 Å². The topological polar surface area (TPSA) is 44.9 Å². The second-order valence-electron chi connectivity index (χ2n) is 6.19. The Hall–Kier alpha value is -2.55. The molecule has 116 valence electrons. The van der Waals surface area contributed by atoms with E-state index in [9.17, 15) is 4.79 Å². The first-order valence-electron chi connectivity index (χ1n) is 8.27. The molecule has 0 atom stereocenters. The quantitative estimate of drug-likeness (QED) is 0.755. The van der Waals surface area contributed by atoms with Crippen molar-refractivity contribution in [2.75, 3.05) is 0 Å². The molecule has 1 aliphatic carbocycles. The van der Waals surface area contributed by atoms with Crippen LogP contribution in [0.3, 0.4) is 0 Å². The van der Waals surface area contributed by atoms with Crippen LogP contribution >= 0.6 is 0 Å². The number of benzene rings is 2. The van der Waals surface area contributed by atoms with E-state index in [1.165, 1.54) is 29.5 Å². The molecule has 1 heterocycles. The third-order valence-electron chi connectivity index (χ3n) is 4.67. The second-order valence-corrected chi connectivity index (χ2v) is 6.19. The molecular formula is C20H20N2O. The molecule has 1 amide bonds. The zero-order valence-electron chi connectivity index (χ0n) is 13.1. The monoisotopic (exact) mass is 304 g/mol. The minimum absolute atomic E-state index is 0.0157. The molecule has 2 N–H and O–H groups in total. The maximum absolute atomic E-state index is 12.6. The number of rotatable bonds is 3. The standard InChI is InChI=1S/C20H20N2O/c23-20(21-13-14-7-2-1-3-8-14)17-11-6-10-16-15-9-4-5-12-18(15)22-19(16)17/h1-3,6-8,10-11,22H,4-5,9,12-13H2,(H,21,23). The molecule has 0 unspecified atom stereocenters. The van der Waals surface area contributed by atoms with Crippen molar-refractivity contribution in [1.29, 1.82) is 0 Å². The Bertz CT molecular complexity index is 849. The maximum atomic E-state index is 12.6. The average Bonchev–Trinajstić information content (AvgIpc) is 2.99. The van der Waals surface area contributed by atoms with Crippen molar-refractivity contribution in [3.63, 3.8) is 0 Å². The molecule has 3 nitrogen and oxygen atoms in total. The van der Waals surface area contributed by atoms with E-state index in [0.29, 0.717) is 6.54 Å². The summed E-state index contributed by atoms with van der Waals surface area (Å²) in [6, 6.07) is 16.0. The summed E-state index contributed by atoms with van der Waals surface area (Å²) in [6.45, 7) is 0.552. The number of aromatic nitrogens is 1. The number of para-hydroxylation sites is 1. The summed E-state index contributed by atoms with van der Waals surface area (Å²) >= 11 is 0. The van der Waals surface area contributed by atoms with E-state index in [1.54, 1.807) is 0 Å². The number of fused-ring (bicyclic) bond motifs is 3. The Morgan fingerprint density at radius 1 is 1.00 bits per heavy atom. The minimum Gasteiger partial charge on any atom is -0.358 e. The Kier molecular flexibility index (Phi) is 3.62. The zero-order valence-corrected chi connectivity index (χ0v) is 13.1. The van der Waals surface area contributed by atoms with Crippen LogP contribution in [-0.2, 0) is 19.4 Å². The first-order chi connectivity index (χ1) is 11.3. The lowest BCUT2D eigenvalue weighted by Crippen LogP contribution is -2.23. The fraction of sp³-hybridized carbons (Fsp3) is 0.250. The normalized spacial score (nSPS) is 13.7. The van der Waals surface area contributed by atoms with Crippen LogP contribution < -0.4 is 5.32 Å². The van der Waals surface area contributed by atoms with Crippen molar-refractivity contribution >= 4 is 16.8 Å². The van der Waals surface area contributed by atoms with E-state index >= 15 is 0 Å². The lowest BCUT2D eigenvalue weighted by molar-refractivity contribution is 0.0952. The Balaban J connectivity index is 1.63. The SMILES string of the molecule is O=C(NCc1ccccc1)c1cccc2c3c([nH]c12)CCCC3. The summed E-state index contributed by atoms with van der Waals surface area (Å²) in [7, 11) is 0. The second kappa shape index (κ2) is 5.92. The van der Waals surface area contributed by atoms with Crippen LogP contribution in [0.15, 0.2) is 48.5 Å². The van der Waals surface area contributed by atoms with E-state index in [-0.39, 0.29) is 5.91 Å². The van der Waals surface area contributed by atoms with Gasteiger partial charge in [0.15, 0.2) is 0 Å². The van der Waals surface area contributed by atoms with Crippen LogP contribution in [0.2, 0.25) is 0 Å². The van der Waals surface area contributed by atoms with Gasteiger partial charge in [0.05, 0.1) is 11.1 Å². The molecule has 2 aromatic carbocycles. The number of amides is 1. The highest BCUT2D eigenvalue weighted by atomic mass is 16.1. The van der Waals surface area contributed by atoms with Crippen LogP contribution in [0, 0.1) is 0 Å². The summed E-state index contributed by atoms with van der Waals surface area (Å²) in [5.74, 6) is -0.0157. The molecule has 1 aliphatic rings. The number of hydrogen-bond acceptors (Lipinski definition) is 1. The summed E-state index contributed by atoms with van der Waals surface area (Å²) in [6.07, 6.45) is 4.68. The van der Waals surface area contributed by atoms with Crippen LogP contribution in [0.25, 0.3) is 10.9 Å². The van der Waals surface area contributed by atoms with E-state index in [0.717, 1.165) is 29.5 Å². The number of aromatic amines is 1. The van der Waals surface area contributed by atoms with E-state index in [1.807, 2.05) is 42.5 Å². The van der Waals surface area contributed by atoms with Gasteiger partial charge in [-0.15, -0.1) is 0 Å². The van der Waals surface area contributed by atoms with Crippen molar-refractivity contribution in [1.82, 2.24) is 10.3 Å². The molecule has 0 fully saturated rings. The molecule has 0 saturated heterocycles. The van der Waals surface area contributed by atoms with Gasteiger partial charge < -0.3 is 10.3 Å². The Labute approximate surface area is 135 Å². The van der Waals surface area contributed by atoms with Gasteiger partial charge in [-0.1, -0.05) is 42.5 Å². The molecular weight excluding hydrogens is 284 g/mol. The molecule has 4 rings (SSSR count). The predicted molar refractivity (Wildman–Crippen MR) is 92.6 cm³/mol. The highest BCUT2D eigenvalue weighted by Crippen LogP contribution is 2.30. The van der Waals surface area contributed by atoms with Crippen LogP contribution in [0.1, 0.15) is 40.0 Å². The molecule has 0 spiro atoms. The van der Waals surface area contributed by atoms with E-state index in [2.05, 4.69) is 16.4 Å². The molecule has 0 saturated carbocycles. The van der Waals surface area contributed by atoms with E-state index < -0.39 is 0 Å². The lowest BCUT2D eigenvalue weighted by Gasteiger charge is -2.10. The van der Waals surface area contributed by atoms with Gasteiger partial charge in [0.1, 0.15) is 0 Å². The fourth-order valence-corrected chi connectivity index (χ4v) is 3.49. The number of carbonyl (C=O) groups excluding carboxylic acids is 1. The highest BCUT2D eigenvalue weighted by molar-refractivity contribution is 6.06. The number of hydrogen-bond donors (Lipinski definition) is 2. The van der Waals surface area contributed by atoms with Gasteiger partial charge in [0, 0.05) is 17.6 Å². The molecule has 0 bridgehead atoms. The van der Waals surface area contributed by atoms with Crippen LogP contribution in [0.4, 0.5) is 0 Å². The van der Waals surface area contributed by atoms with Gasteiger partial charge >= 0.3 is 0 Å². The van der Waals surface area contributed by atoms with Gasteiger partial charge in [0.2, 0.25) is 0 Å². The largest absolute Gasteiger partial charge is 0.358 e. The smallest absolute Gasteiger partial charge is 0.253 e. The van der Waals surface area contributed by atoms with Crippen molar-refractivity contribution in [3.05, 3.63) is 70.9 Å². The highest BCUT2D eigenvalue weighted by Gasteiger charge is 2.19. The molecule has 1 aromatic heterocycles. The van der Waals surface area contributed by atoms with Crippen molar-refractivity contribution in [2.24, 2.45) is 0 Å². The minimum atomic E-state index is -0.0157. The van der Waals surface area contributed by atoms with Gasteiger partial charge in [-0.3, -0.25) is 4.79 Å². The number of nitrogens with one attached hydrogen (secondary N) is 2. The van der Waals surface area contributed by atoms with Crippen molar-refractivity contribution in [2.45, 2.75) is 32.2 Å². The average molecular weight is 304 g/mol. The van der Waals surface area contributed by atoms with E-state index in [4.69, 9.17) is 0 Å². The maximum Gasteiger partial charge on any atom is 0.253 e. The van der Waals surface area contributed by atoms with Crippen molar-refractivity contribution < 1.29 is 4.79 Å². The summed E-state index contributed by atoms with van der Waals surface area (Å²) in [4.78, 5) is 16.1. The van der Waals surface area contributed by atoms with Crippen molar-refractivity contribution in [3.8, 4) is 0 Å². The molecule has 0 radical (unpaired) electrons. The van der Waals surface area contributed by atoms with Crippen LogP contribution in [0.5, 0.6) is 0 Å². The summed E-state index contributed by atoms with van der Waals surface area (Å²) < 4.78 is 0. The Morgan fingerprint density at radius 3 is 2.70 bits per heavy atom. The first-order valence-corrected chi connectivity index (χ1v) is 8.27. The van der Waals surface area contributed by atoms with Gasteiger partial charge in [-0.25, -0.2) is 0 Å². The molecule has 0 aliphatic heterocycles. The summed E-state index contributed by atoms with van der Waals surface area (Å²) in [5, 5.41) is 4.24. The van der Waals surface area contributed by atoms with Gasteiger partial charge in [0.25, 0.3) is 5.91 Å². The lowest BCUT2D eigenvalue weighted by atomic mass is 9.95. The number of H-pyrrole nitrogens is 1. The third kappa shape index (κ3) is 2.63. The predicted octanol–water partition coefficient (Wildman–Crippen LogP) is 3.98. The molecule has 23 heavy (non-hydrogen) atoms. The molecule has 3 heteroatoms. The summed E-state index contributed by atoms with van der Waals surface area (Å²) in [5.41, 5.74) is 5.56. The first kappa shape index (κ1) is 14.1. The van der Waals surface area contributed by atoms with Gasteiger partial charge in [-0.2, -0.15) is 0 Å². The number of carbonyl (C=O) groups is 1. The number of aryl methyl sites for hydroxylation is 2. The zero-order chi connectivity index (χ0) is 15.6. The Morgan fingerprint density at radius 2 is 1.83 bits per heavy atom. The third-order valence-corrected chi connectivity index (χ3v) is 4.67. The molecule has 3 aromatic rings. The van der Waals surface area contributed by atoms with Crippen LogP contribution in [-0.4, -0.2) is 10.9 Å².